The number of allylic oxidation sites excluding steroid dienone is 4. The van der Waals surface area contributed by atoms with Gasteiger partial charge < -0.3 is 37.2 Å². The molecule has 0 saturated heterocycles. The summed E-state index contributed by atoms with van der Waals surface area (Å²) in [5, 5.41) is 1.62. The Morgan fingerprint density at radius 1 is 0.920 bits per heavy atom. The summed E-state index contributed by atoms with van der Waals surface area (Å²) in [7, 11) is -0.181. The first-order valence-electron chi connectivity index (χ1n) is 8.68. The molecule has 0 radical (unpaired) electrons. The maximum atomic E-state index is 2.40. The molecular weight excluding hydrogens is 466 g/mol. The summed E-state index contributed by atoms with van der Waals surface area (Å²) in [5.74, 6) is 0. The number of benzene rings is 1. The Morgan fingerprint density at radius 3 is 2.08 bits per heavy atom. The summed E-state index contributed by atoms with van der Waals surface area (Å²) < 4.78 is 0.427. The minimum atomic E-state index is -0.181. The van der Waals surface area contributed by atoms with Crippen molar-refractivity contribution < 1.29 is 61.9 Å². The van der Waals surface area contributed by atoms with Crippen molar-refractivity contribution in [2.75, 3.05) is 0 Å². The Kier molecular flexibility index (Phi) is 14.4. The largest absolute Gasteiger partial charge is 1.00 e. The molecule has 0 fully saturated rings. The van der Waals surface area contributed by atoms with Crippen LogP contribution >= 0.6 is 0 Å². The fourth-order valence-electron chi connectivity index (χ4n) is 3.64. The molecule has 0 aliphatic heterocycles. The van der Waals surface area contributed by atoms with Crippen molar-refractivity contribution in [3.63, 3.8) is 0 Å². The van der Waals surface area contributed by atoms with E-state index < -0.39 is 0 Å². The molecular formula is C20H29Cl3SiZr. The maximum absolute atomic E-state index is 2.40. The molecule has 0 spiro atoms. The molecule has 138 valence electrons. The van der Waals surface area contributed by atoms with Crippen molar-refractivity contribution in [3.05, 3.63) is 52.6 Å². The molecule has 0 aromatic heterocycles. The summed E-state index contributed by atoms with van der Waals surface area (Å²) in [4.78, 5) is 0. The molecule has 1 aliphatic carbocycles. The predicted octanol–water partition coefficient (Wildman–Crippen LogP) is -4.14. The Labute approximate surface area is 190 Å². The average Bonchev–Trinajstić information content (AvgIpc) is 2.70. The molecule has 0 N–H and O–H groups in total. The summed E-state index contributed by atoms with van der Waals surface area (Å²) >= 11 is 1.71. The van der Waals surface area contributed by atoms with E-state index in [0.29, 0.717) is 3.12 Å². The van der Waals surface area contributed by atoms with Gasteiger partial charge in [0.2, 0.25) is 0 Å². The summed E-state index contributed by atoms with van der Waals surface area (Å²) in [6.45, 7) is 9.42. The van der Waals surface area contributed by atoms with Crippen LogP contribution in [0.4, 0.5) is 0 Å². The molecule has 5 heteroatoms. The van der Waals surface area contributed by atoms with E-state index in [1.807, 2.05) is 0 Å². The van der Waals surface area contributed by atoms with Crippen LogP contribution in [0.3, 0.4) is 0 Å². The molecule has 2 rings (SSSR count). The van der Waals surface area contributed by atoms with Gasteiger partial charge in [0.15, 0.2) is 0 Å². The zero-order valence-electron chi connectivity index (χ0n) is 15.8. The van der Waals surface area contributed by atoms with Gasteiger partial charge in [-0.25, -0.2) is 0 Å². The van der Waals surface area contributed by atoms with Crippen LogP contribution in [0, 0.1) is 0 Å². The van der Waals surface area contributed by atoms with Crippen molar-refractivity contribution in [2.24, 2.45) is 0 Å². The number of halogens is 3. The first kappa shape index (κ1) is 27.9. The molecule has 1 unspecified atom stereocenters. The standard InChI is InChI=1S/C20H29Si.3ClH.Zr/c1-5-6-8-13-19-16(3)15(2)17(4)20(19)14-21-18-11-9-7-10-12-18;;;;/h7,9-12H,5-6,8,13-14,21H2,1-4H3;3*1H;/q;;;;+3/p-3. The molecule has 1 aromatic rings. The third-order valence-electron chi connectivity index (χ3n) is 5.39. The van der Waals surface area contributed by atoms with Crippen LogP contribution in [0.2, 0.25) is 9.17 Å². The summed E-state index contributed by atoms with van der Waals surface area (Å²) in [5.41, 5.74) is 6.67. The Balaban J connectivity index is 0. The third-order valence-corrected chi connectivity index (χ3v) is 11.0. The van der Waals surface area contributed by atoms with E-state index in [1.165, 1.54) is 31.7 Å². The van der Waals surface area contributed by atoms with Gasteiger partial charge in [-0.2, -0.15) is 0 Å². The average molecular weight is 495 g/mol. The van der Waals surface area contributed by atoms with Crippen LogP contribution in [0.1, 0.15) is 53.4 Å². The van der Waals surface area contributed by atoms with Gasteiger partial charge in [0.1, 0.15) is 0 Å². The maximum Gasteiger partial charge on any atom is -1.00 e. The third kappa shape index (κ3) is 6.65. The van der Waals surface area contributed by atoms with Crippen LogP contribution in [0.5, 0.6) is 0 Å². The molecule has 1 aromatic carbocycles. The second-order valence-corrected chi connectivity index (χ2v) is 10.6. The summed E-state index contributed by atoms with van der Waals surface area (Å²) in [6.07, 6.45) is 5.38. The molecule has 1 aliphatic rings. The zero-order valence-corrected chi connectivity index (χ0v) is 21.9. The van der Waals surface area contributed by atoms with Crippen molar-refractivity contribution in [1.82, 2.24) is 0 Å². The van der Waals surface area contributed by atoms with E-state index in [2.05, 4.69) is 58.0 Å². The van der Waals surface area contributed by atoms with Gasteiger partial charge in [0, 0.05) is 0 Å². The number of hydrogen-bond acceptors (Lipinski definition) is 0. The van der Waals surface area contributed by atoms with E-state index in [9.17, 15) is 0 Å². The van der Waals surface area contributed by atoms with Crippen LogP contribution in [-0.4, -0.2) is 9.52 Å². The monoisotopic (exact) mass is 492 g/mol. The molecule has 0 amide bonds. The first-order chi connectivity index (χ1) is 10.5. The normalized spacial score (nSPS) is 19.8. The molecule has 1 atom stereocenters. The smallest absolute Gasteiger partial charge is 1.00 e. The Hall–Kier alpha value is 0.670. The molecule has 0 saturated carbocycles. The van der Waals surface area contributed by atoms with Gasteiger partial charge in [0.25, 0.3) is 0 Å². The minimum absolute atomic E-state index is 0. The van der Waals surface area contributed by atoms with Crippen LogP contribution in [0.25, 0.3) is 0 Å². The second kappa shape index (κ2) is 12.9. The van der Waals surface area contributed by atoms with Crippen LogP contribution in [0.15, 0.2) is 52.6 Å². The number of unbranched alkanes of at least 4 members (excludes halogenated alkanes) is 2. The molecule has 0 heterocycles. The SMILES string of the molecule is CCCCCC1=C(C)C(C)=C(C)[C]1([Zr+3])C[SiH2]c1ccccc1.[Cl-].[Cl-].[Cl-]. The fraction of sp³-hybridized carbons (Fsp3) is 0.500. The molecule has 25 heavy (non-hydrogen) atoms. The van der Waals surface area contributed by atoms with Crippen LogP contribution < -0.4 is 42.4 Å². The molecule has 0 nitrogen and oxygen atoms in total. The van der Waals surface area contributed by atoms with Gasteiger partial charge in [0.05, 0.1) is 0 Å². The predicted molar refractivity (Wildman–Crippen MR) is 97.3 cm³/mol. The van der Waals surface area contributed by atoms with Gasteiger partial charge in [-0.05, 0) is 0 Å². The van der Waals surface area contributed by atoms with Gasteiger partial charge in [-0.3, -0.25) is 0 Å². The zero-order chi connectivity index (χ0) is 16.2. The summed E-state index contributed by atoms with van der Waals surface area (Å²) in [6, 6.07) is 12.6. The Morgan fingerprint density at radius 2 is 1.52 bits per heavy atom. The van der Waals surface area contributed by atoms with E-state index in [1.54, 1.807) is 52.2 Å². The van der Waals surface area contributed by atoms with Gasteiger partial charge in [-0.15, -0.1) is 0 Å². The minimum Gasteiger partial charge on any atom is -1.00 e. The second-order valence-electron chi connectivity index (χ2n) is 6.70. The first-order valence-corrected chi connectivity index (χ1v) is 11.6. The van der Waals surface area contributed by atoms with E-state index in [4.69, 9.17) is 0 Å². The van der Waals surface area contributed by atoms with Crippen molar-refractivity contribution in [3.8, 4) is 0 Å². The van der Waals surface area contributed by atoms with E-state index in [-0.39, 0.29) is 46.7 Å². The molecule has 0 bridgehead atoms. The fourth-order valence-corrected chi connectivity index (χ4v) is 7.74. The van der Waals surface area contributed by atoms with E-state index in [0.717, 1.165) is 0 Å². The van der Waals surface area contributed by atoms with Gasteiger partial charge >= 0.3 is 155 Å². The van der Waals surface area contributed by atoms with Crippen molar-refractivity contribution in [2.45, 2.75) is 62.5 Å². The quantitative estimate of drug-likeness (QED) is 0.267. The Bertz CT molecular complexity index is 584. The van der Waals surface area contributed by atoms with Gasteiger partial charge in [-0.1, -0.05) is 0 Å². The number of rotatable bonds is 7. The van der Waals surface area contributed by atoms with Crippen LogP contribution in [-0.2, 0) is 24.7 Å². The van der Waals surface area contributed by atoms with E-state index >= 15 is 0 Å². The van der Waals surface area contributed by atoms with Crippen molar-refractivity contribution >= 4 is 14.7 Å². The number of hydrogen-bond donors (Lipinski definition) is 0. The van der Waals surface area contributed by atoms with Crippen molar-refractivity contribution in [1.29, 1.82) is 0 Å². The topological polar surface area (TPSA) is 0 Å².